The van der Waals surface area contributed by atoms with Crippen molar-refractivity contribution in [1.82, 2.24) is 14.6 Å². The summed E-state index contributed by atoms with van der Waals surface area (Å²) in [5, 5.41) is 7.52. The first-order valence-electron chi connectivity index (χ1n) is 6.15. The van der Waals surface area contributed by atoms with Crippen molar-refractivity contribution >= 4 is 17.0 Å². The van der Waals surface area contributed by atoms with Gasteiger partial charge >= 0.3 is 0 Å². The van der Waals surface area contributed by atoms with E-state index in [0.717, 1.165) is 22.6 Å². The minimum absolute atomic E-state index is 0.0339. The molecule has 0 saturated heterocycles. The molecule has 96 valence electrons. The zero-order valence-corrected chi connectivity index (χ0v) is 10.6. The van der Waals surface area contributed by atoms with E-state index in [4.69, 9.17) is 5.73 Å². The standard InChI is InChI=1S/C14H15N5/c1-10(15)11-4-2-3-5-12(11)18-14-13-6-7-17-19(13)9-8-16-14/h2-10H,15H2,1H3,(H,16,18). The molecule has 19 heavy (non-hydrogen) atoms. The lowest BCUT2D eigenvalue weighted by molar-refractivity contribution is 0.820. The summed E-state index contributed by atoms with van der Waals surface area (Å²) in [6.07, 6.45) is 5.29. The molecule has 1 aromatic carbocycles. The highest BCUT2D eigenvalue weighted by atomic mass is 15.2. The Morgan fingerprint density at radius 2 is 2.05 bits per heavy atom. The highest BCUT2D eigenvalue weighted by Gasteiger charge is 2.09. The monoisotopic (exact) mass is 253 g/mol. The molecule has 0 aliphatic carbocycles. The highest BCUT2D eigenvalue weighted by molar-refractivity contribution is 5.74. The predicted octanol–water partition coefficient (Wildman–Crippen LogP) is 2.49. The van der Waals surface area contributed by atoms with Gasteiger partial charge in [0.1, 0.15) is 5.52 Å². The molecule has 1 unspecified atom stereocenters. The number of benzene rings is 1. The van der Waals surface area contributed by atoms with Crippen LogP contribution in [0.25, 0.3) is 5.52 Å². The van der Waals surface area contributed by atoms with Crippen LogP contribution in [0.4, 0.5) is 11.5 Å². The zero-order chi connectivity index (χ0) is 13.2. The third kappa shape index (κ3) is 2.15. The Balaban J connectivity index is 2.04. The molecule has 0 amide bonds. The SMILES string of the molecule is CC(N)c1ccccc1Nc1nccn2nccc12. The van der Waals surface area contributed by atoms with E-state index >= 15 is 0 Å². The molecular formula is C14H15N5. The summed E-state index contributed by atoms with van der Waals surface area (Å²) in [7, 11) is 0. The summed E-state index contributed by atoms with van der Waals surface area (Å²) >= 11 is 0. The van der Waals surface area contributed by atoms with Gasteiger partial charge in [-0.15, -0.1) is 0 Å². The fourth-order valence-electron chi connectivity index (χ4n) is 2.09. The largest absolute Gasteiger partial charge is 0.338 e. The van der Waals surface area contributed by atoms with Crippen LogP contribution < -0.4 is 11.1 Å². The van der Waals surface area contributed by atoms with Gasteiger partial charge in [0.05, 0.1) is 6.20 Å². The number of rotatable bonds is 3. The Hall–Kier alpha value is -2.40. The summed E-state index contributed by atoms with van der Waals surface area (Å²) in [6.45, 7) is 1.97. The second kappa shape index (κ2) is 4.70. The van der Waals surface area contributed by atoms with Crippen molar-refractivity contribution in [3.05, 3.63) is 54.5 Å². The topological polar surface area (TPSA) is 68.2 Å². The van der Waals surface area contributed by atoms with Crippen LogP contribution >= 0.6 is 0 Å². The first kappa shape index (κ1) is 11.7. The quantitative estimate of drug-likeness (QED) is 0.752. The van der Waals surface area contributed by atoms with Gasteiger partial charge < -0.3 is 11.1 Å². The number of fused-ring (bicyclic) bond motifs is 1. The first-order valence-corrected chi connectivity index (χ1v) is 6.15. The molecule has 5 heteroatoms. The summed E-state index contributed by atoms with van der Waals surface area (Å²) in [5.74, 6) is 0.771. The molecule has 2 aromatic heterocycles. The number of para-hydroxylation sites is 1. The second-order valence-corrected chi connectivity index (χ2v) is 4.44. The molecular weight excluding hydrogens is 238 g/mol. The lowest BCUT2D eigenvalue weighted by Gasteiger charge is -2.14. The van der Waals surface area contributed by atoms with Gasteiger partial charge in [0.2, 0.25) is 0 Å². The molecule has 0 fully saturated rings. The maximum absolute atomic E-state index is 5.98. The Bertz CT molecular complexity index is 702. The van der Waals surface area contributed by atoms with Gasteiger partial charge in [-0.3, -0.25) is 0 Å². The molecule has 0 bridgehead atoms. The number of anilines is 2. The molecule has 3 rings (SSSR count). The maximum atomic E-state index is 5.98. The molecule has 0 aliphatic rings. The summed E-state index contributed by atoms with van der Waals surface area (Å²) in [4.78, 5) is 4.36. The normalized spacial score (nSPS) is 12.5. The van der Waals surface area contributed by atoms with Crippen molar-refractivity contribution in [2.75, 3.05) is 5.32 Å². The zero-order valence-electron chi connectivity index (χ0n) is 10.6. The molecule has 3 aromatic rings. The Labute approximate surface area is 111 Å². The van der Waals surface area contributed by atoms with Crippen LogP contribution in [0.1, 0.15) is 18.5 Å². The number of aromatic nitrogens is 3. The van der Waals surface area contributed by atoms with Gasteiger partial charge in [-0.05, 0) is 24.6 Å². The van der Waals surface area contributed by atoms with Gasteiger partial charge in [-0.1, -0.05) is 18.2 Å². The van der Waals surface area contributed by atoms with Crippen LogP contribution in [0.5, 0.6) is 0 Å². The number of hydrogen-bond donors (Lipinski definition) is 2. The molecule has 0 radical (unpaired) electrons. The van der Waals surface area contributed by atoms with Gasteiger partial charge in [-0.2, -0.15) is 5.10 Å². The lowest BCUT2D eigenvalue weighted by Crippen LogP contribution is -2.08. The van der Waals surface area contributed by atoms with Crippen molar-refractivity contribution in [3.8, 4) is 0 Å². The Morgan fingerprint density at radius 1 is 1.21 bits per heavy atom. The molecule has 3 N–H and O–H groups in total. The smallest absolute Gasteiger partial charge is 0.156 e. The number of nitrogens with two attached hydrogens (primary N) is 1. The predicted molar refractivity (Wildman–Crippen MR) is 75.3 cm³/mol. The Kier molecular flexibility index (Phi) is 2.89. The maximum Gasteiger partial charge on any atom is 0.156 e. The van der Waals surface area contributed by atoms with Crippen LogP contribution in [0.2, 0.25) is 0 Å². The van der Waals surface area contributed by atoms with E-state index in [0.29, 0.717) is 0 Å². The summed E-state index contributed by atoms with van der Waals surface area (Å²) in [5.41, 5.74) is 8.95. The third-order valence-electron chi connectivity index (χ3n) is 3.03. The van der Waals surface area contributed by atoms with Crippen LogP contribution in [0.15, 0.2) is 48.9 Å². The minimum atomic E-state index is -0.0339. The number of hydrogen-bond acceptors (Lipinski definition) is 4. The van der Waals surface area contributed by atoms with E-state index in [-0.39, 0.29) is 6.04 Å². The van der Waals surface area contributed by atoms with Crippen LogP contribution in [-0.4, -0.2) is 14.6 Å². The van der Waals surface area contributed by atoms with E-state index in [9.17, 15) is 0 Å². The van der Waals surface area contributed by atoms with Gasteiger partial charge in [-0.25, -0.2) is 9.50 Å². The molecule has 1 atom stereocenters. The molecule has 0 spiro atoms. The average Bonchev–Trinajstić information content (AvgIpc) is 2.88. The minimum Gasteiger partial charge on any atom is -0.338 e. The van der Waals surface area contributed by atoms with Crippen molar-refractivity contribution < 1.29 is 0 Å². The summed E-state index contributed by atoms with van der Waals surface area (Å²) < 4.78 is 1.78. The van der Waals surface area contributed by atoms with E-state index in [1.807, 2.05) is 43.5 Å². The van der Waals surface area contributed by atoms with Crippen LogP contribution in [0, 0.1) is 0 Å². The number of nitrogens with zero attached hydrogens (tertiary/aromatic N) is 3. The molecule has 2 heterocycles. The molecule has 0 saturated carbocycles. The lowest BCUT2D eigenvalue weighted by atomic mass is 10.1. The highest BCUT2D eigenvalue weighted by Crippen LogP contribution is 2.25. The molecule has 0 aliphatic heterocycles. The van der Waals surface area contributed by atoms with Crippen molar-refractivity contribution in [3.63, 3.8) is 0 Å². The van der Waals surface area contributed by atoms with Crippen LogP contribution in [0.3, 0.4) is 0 Å². The van der Waals surface area contributed by atoms with Gasteiger partial charge in [0, 0.05) is 24.1 Å². The average molecular weight is 253 g/mol. The fourth-order valence-corrected chi connectivity index (χ4v) is 2.09. The van der Waals surface area contributed by atoms with Crippen molar-refractivity contribution in [2.24, 2.45) is 5.73 Å². The summed E-state index contributed by atoms with van der Waals surface area (Å²) in [6, 6.07) is 9.86. The van der Waals surface area contributed by atoms with Gasteiger partial charge in [0.15, 0.2) is 5.82 Å². The fraction of sp³-hybridized carbons (Fsp3) is 0.143. The van der Waals surface area contributed by atoms with Gasteiger partial charge in [0.25, 0.3) is 0 Å². The van der Waals surface area contributed by atoms with E-state index in [1.54, 1.807) is 16.9 Å². The van der Waals surface area contributed by atoms with Crippen molar-refractivity contribution in [2.45, 2.75) is 13.0 Å². The first-order chi connectivity index (χ1) is 9.25. The number of nitrogens with one attached hydrogen (secondary N) is 1. The second-order valence-electron chi connectivity index (χ2n) is 4.44. The van der Waals surface area contributed by atoms with Crippen molar-refractivity contribution in [1.29, 1.82) is 0 Å². The van der Waals surface area contributed by atoms with E-state index < -0.39 is 0 Å². The molecule has 5 nitrogen and oxygen atoms in total. The third-order valence-corrected chi connectivity index (χ3v) is 3.03. The van der Waals surface area contributed by atoms with E-state index in [1.165, 1.54) is 0 Å². The van der Waals surface area contributed by atoms with E-state index in [2.05, 4.69) is 15.4 Å². The van der Waals surface area contributed by atoms with Crippen LogP contribution in [-0.2, 0) is 0 Å². The Morgan fingerprint density at radius 3 is 2.89 bits per heavy atom.